The molecule has 3 aromatic carbocycles. The Hall–Kier alpha value is -1.17. The minimum Gasteiger partial charge on any atom is -0.548 e. The van der Waals surface area contributed by atoms with E-state index in [-0.39, 0.29) is 51.4 Å². The summed E-state index contributed by atoms with van der Waals surface area (Å²) >= 11 is 0. The molecule has 1 N–H and O–H groups in total. The Morgan fingerprint density at radius 3 is 2.46 bits per heavy atom. The molecule has 0 radical (unpaired) electrons. The first-order chi connectivity index (χ1) is 11.1. The minimum absolute atomic E-state index is 0. The monoisotopic (exact) mass is 343 g/mol. The van der Waals surface area contributed by atoms with Gasteiger partial charge in [-0.2, -0.15) is 0 Å². The van der Waals surface area contributed by atoms with Crippen LogP contribution in [0.3, 0.4) is 0 Å². The minimum atomic E-state index is -1.10. The predicted molar refractivity (Wildman–Crippen MR) is 91.2 cm³/mol. The van der Waals surface area contributed by atoms with Gasteiger partial charge in [0.05, 0.1) is 12.0 Å². The number of fused-ring (bicyclic) bond motifs is 1. The smallest absolute Gasteiger partial charge is 0.548 e. The van der Waals surface area contributed by atoms with Gasteiger partial charge in [-0.25, -0.2) is 0 Å². The van der Waals surface area contributed by atoms with Crippen molar-refractivity contribution in [3.8, 4) is 0 Å². The number of carbonyl (C=O) groups excluding carboxylic acids is 1. The van der Waals surface area contributed by atoms with Crippen molar-refractivity contribution in [2.45, 2.75) is 19.4 Å². The summed E-state index contributed by atoms with van der Waals surface area (Å²) in [5, 5.41) is 16.8. The number of benzene rings is 3. The zero-order valence-corrected chi connectivity index (χ0v) is 17.1. The maximum Gasteiger partial charge on any atom is 1.00 e. The number of anilines is 1. The first-order valence-electron chi connectivity index (χ1n) is 7.63. The Morgan fingerprint density at radius 2 is 1.75 bits per heavy atom. The van der Waals surface area contributed by atoms with Crippen LogP contribution in [0.4, 0.5) is 5.69 Å². The molecular weight excluding hydrogens is 325 g/mol. The quantitative estimate of drug-likeness (QED) is 0.660. The molecule has 0 spiro atoms. The molecule has 0 aliphatic rings. The standard InChI is InChI=1S/C20H19NO2.K/c1-14-5-4-8-18(11-14)21-19(20(22)23)13-15-9-10-16-6-2-3-7-17(16)12-15;/h2-12,19,21H,13H2,1H3,(H,22,23);/q;+1/p-1. The van der Waals surface area contributed by atoms with Gasteiger partial charge in [-0.3, -0.25) is 0 Å². The largest absolute Gasteiger partial charge is 1.00 e. The maximum absolute atomic E-state index is 11.5. The van der Waals surface area contributed by atoms with E-state index < -0.39 is 12.0 Å². The summed E-state index contributed by atoms with van der Waals surface area (Å²) in [6, 6.07) is 21.0. The Labute approximate surface area is 184 Å². The number of aliphatic carboxylic acids is 1. The van der Waals surface area contributed by atoms with Gasteiger partial charge in [0.1, 0.15) is 0 Å². The molecule has 3 rings (SSSR count). The summed E-state index contributed by atoms with van der Waals surface area (Å²) < 4.78 is 0. The predicted octanol–water partition coefficient (Wildman–Crippen LogP) is -0.0747. The Balaban J connectivity index is 0.00000208. The van der Waals surface area contributed by atoms with Gasteiger partial charge < -0.3 is 15.2 Å². The van der Waals surface area contributed by atoms with Crippen molar-refractivity contribution in [3.63, 3.8) is 0 Å². The molecule has 24 heavy (non-hydrogen) atoms. The van der Waals surface area contributed by atoms with Crippen LogP contribution in [-0.4, -0.2) is 12.0 Å². The van der Waals surface area contributed by atoms with Crippen molar-refractivity contribution in [2.24, 2.45) is 0 Å². The zero-order chi connectivity index (χ0) is 16.2. The number of hydrogen-bond acceptors (Lipinski definition) is 3. The molecule has 3 aromatic rings. The van der Waals surface area contributed by atoms with E-state index in [4.69, 9.17) is 0 Å². The molecular formula is C20H18KNO2. The van der Waals surface area contributed by atoms with Crippen molar-refractivity contribution < 1.29 is 61.3 Å². The summed E-state index contributed by atoms with van der Waals surface area (Å²) in [6.45, 7) is 1.97. The molecule has 1 unspecified atom stereocenters. The van der Waals surface area contributed by atoms with Crippen LogP contribution in [0.25, 0.3) is 10.8 Å². The molecule has 0 aliphatic carbocycles. The summed E-state index contributed by atoms with van der Waals surface area (Å²) in [6.07, 6.45) is 0.376. The second-order valence-electron chi connectivity index (χ2n) is 5.77. The van der Waals surface area contributed by atoms with Crippen molar-refractivity contribution in [2.75, 3.05) is 5.32 Å². The zero-order valence-electron chi connectivity index (χ0n) is 14.0. The average molecular weight is 343 g/mol. The Bertz CT molecular complexity index is 848. The summed E-state index contributed by atoms with van der Waals surface area (Å²) in [7, 11) is 0. The third-order valence-corrected chi connectivity index (χ3v) is 3.90. The molecule has 0 saturated heterocycles. The third-order valence-electron chi connectivity index (χ3n) is 3.90. The molecule has 0 heterocycles. The van der Waals surface area contributed by atoms with E-state index in [1.165, 1.54) is 0 Å². The van der Waals surface area contributed by atoms with E-state index in [0.717, 1.165) is 27.6 Å². The molecule has 116 valence electrons. The molecule has 0 saturated carbocycles. The molecule has 4 heteroatoms. The fourth-order valence-corrected chi connectivity index (χ4v) is 2.73. The SMILES string of the molecule is Cc1cccc(NC(Cc2ccc3ccccc3c2)C(=O)[O-])c1.[K+]. The number of aryl methyl sites for hydroxylation is 1. The second kappa shape index (κ2) is 8.79. The molecule has 0 fully saturated rings. The van der Waals surface area contributed by atoms with E-state index in [9.17, 15) is 9.90 Å². The van der Waals surface area contributed by atoms with Crippen LogP contribution in [0, 0.1) is 6.92 Å². The molecule has 0 aliphatic heterocycles. The third kappa shape index (κ3) is 4.91. The van der Waals surface area contributed by atoms with E-state index >= 15 is 0 Å². The average Bonchev–Trinajstić information content (AvgIpc) is 2.54. The fourth-order valence-electron chi connectivity index (χ4n) is 2.73. The van der Waals surface area contributed by atoms with Crippen molar-refractivity contribution in [1.29, 1.82) is 0 Å². The number of nitrogens with one attached hydrogen (secondary N) is 1. The van der Waals surface area contributed by atoms with Crippen molar-refractivity contribution in [3.05, 3.63) is 77.9 Å². The first-order valence-corrected chi connectivity index (χ1v) is 7.63. The topological polar surface area (TPSA) is 52.2 Å². The molecule has 0 bridgehead atoms. The Morgan fingerprint density at radius 1 is 1.00 bits per heavy atom. The normalized spacial score (nSPS) is 11.5. The van der Waals surface area contributed by atoms with Crippen LogP contribution < -0.4 is 61.8 Å². The van der Waals surface area contributed by atoms with Crippen LogP contribution >= 0.6 is 0 Å². The summed E-state index contributed by atoms with van der Waals surface area (Å²) in [4.78, 5) is 11.5. The van der Waals surface area contributed by atoms with Crippen molar-refractivity contribution in [1.82, 2.24) is 0 Å². The van der Waals surface area contributed by atoms with E-state index in [1.54, 1.807) is 0 Å². The maximum atomic E-state index is 11.5. The summed E-state index contributed by atoms with van der Waals surface area (Å²) in [5.74, 6) is -1.10. The van der Waals surface area contributed by atoms with E-state index in [1.807, 2.05) is 73.7 Å². The van der Waals surface area contributed by atoms with Gasteiger partial charge in [0, 0.05) is 5.69 Å². The fraction of sp³-hybridized carbons (Fsp3) is 0.150. The number of rotatable bonds is 5. The number of carboxylic acids is 1. The first kappa shape index (κ1) is 19.2. The van der Waals surface area contributed by atoms with E-state index in [0.29, 0.717) is 6.42 Å². The number of carboxylic acid groups (broad SMARTS) is 1. The van der Waals surface area contributed by atoms with Crippen LogP contribution in [0.2, 0.25) is 0 Å². The molecule has 1 atom stereocenters. The van der Waals surface area contributed by atoms with Crippen LogP contribution in [-0.2, 0) is 11.2 Å². The van der Waals surface area contributed by atoms with Gasteiger partial charge in [0.15, 0.2) is 0 Å². The number of carbonyl (C=O) groups is 1. The van der Waals surface area contributed by atoms with Crippen LogP contribution in [0.5, 0.6) is 0 Å². The summed E-state index contributed by atoms with van der Waals surface area (Å²) in [5.41, 5.74) is 2.84. The second-order valence-corrected chi connectivity index (χ2v) is 5.77. The molecule has 3 nitrogen and oxygen atoms in total. The molecule has 0 amide bonds. The van der Waals surface area contributed by atoms with Gasteiger partial charge in [-0.15, -0.1) is 0 Å². The number of hydrogen-bond donors (Lipinski definition) is 1. The van der Waals surface area contributed by atoms with Gasteiger partial charge in [-0.1, -0.05) is 54.6 Å². The van der Waals surface area contributed by atoms with Gasteiger partial charge in [0.25, 0.3) is 0 Å². The van der Waals surface area contributed by atoms with Gasteiger partial charge in [0.2, 0.25) is 0 Å². The van der Waals surface area contributed by atoms with Crippen molar-refractivity contribution >= 4 is 22.4 Å². The van der Waals surface area contributed by atoms with Crippen LogP contribution in [0.15, 0.2) is 66.7 Å². The van der Waals surface area contributed by atoms with E-state index in [2.05, 4.69) is 5.32 Å². The Kier molecular flexibility index (Phi) is 7.01. The van der Waals surface area contributed by atoms with Gasteiger partial charge in [-0.05, 0) is 47.4 Å². The van der Waals surface area contributed by atoms with Crippen LogP contribution in [0.1, 0.15) is 11.1 Å². The van der Waals surface area contributed by atoms with Gasteiger partial charge >= 0.3 is 51.4 Å². The molecule has 0 aromatic heterocycles.